The van der Waals surface area contributed by atoms with Gasteiger partial charge in [0.2, 0.25) is 5.43 Å². The summed E-state index contributed by atoms with van der Waals surface area (Å²) in [6.07, 6.45) is 0. The van der Waals surface area contributed by atoms with E-state index in [4.69, 9.17) is 10.5 Å². The summed E-state index contributed by atoms with van der Waals surface area (Å²) < 4.78 is 6.27. The van der Waals surface area contributed by atoms with Gasteiger partial charge in [0, 0.05) is 26.3 Å². The molecular weight excluding hydrogens is 252 g/mol. The number of ether oxygens (including phenoxy) is 1. The number of hydrogen-bond donors (Lipinski definition) is 3. The van der Waals surface area contributed by atoms with Crippen LogP contribution in [0.25, 0.3) is 0 Å². The molecule has 2 heterocycles. The standard InChI is InChI=1S/C11H16N4O4/c1-19-3-2-14-6-13-15-7(5-12)4-8(16)10(17)9(15)11(14)18/h4,13,17H,2-3,5-6,12H2,1H3. The van der Waals surface area contributed by atoms with Crippen molar-refractivity contribution in [1.82, 2.24) is 9.58 Å². The number of nitrogens with two attached hydrogens (primary N) is 1. The van der Waals surface area contributed by atoms with Crippen molar-refractivity contribution >= 4 is 5.91 Å². The van der Waals surface area contributed by atoms with E-state index in [9.17, 15) is 14.7 Å². The molecule has 104 valence electrons. The van der Waals surface area contributed by atoms with E-state index in [1.54, 1.807) is 0 Å². The van der Waals surface area contributed by atoms with Gasteiger partial charge in [-0.2, -0.15) is 0 Å². The first-order valence-corrected chi connectivity index (χ1v) is 5.80. The molecule has 0 aliphatic carbocycles. The Balaban J connectivity index is 2.45. The summed E-state index contributed by atoms with van der Waals surface area (Å²) in [7, 11) is 1.53. The van der Waals surface area contributed by atoms with Crippen LogP contribution in [-0.2, 0) is 11.3 Å². The number of nitrogens with one attached hydrogen (secondary N) is 1. The van der Waals surface area contributed by atoms with Crippen LogP contribution in [0.5, 0.6) is 5.75 Å². The van der Waals surface area contributed by atoms with Gasteiger partial charge in [-0.05, 0) is 0 Å². The lowest BCUT2D eigenvalue weighted by molar-refractivity contribution is 0.0661. The van der Waals surface area contributed by atoms with Crippen molar-refractivity contribution in [2.24, 2.45) is 5.73 Å². The maximum atomic E-state index is 12.2. The van der Waals surface area contributed by atoms with Crippen molar-refractivity contribution < 1.29 is 14.6 Å². The van der Waals surface area contributed by atoms with Crippen molar-refractivity contribution in [3.8, 4) is 5.75 Å². The van der Waals surface area contributed by atoms with E-state index in [-0.39, 0.29) is 18.9 Å². The summed E-state index contributed by atoms with van der Waals surface area (Å²) in [6, 6.07) is 1.21. The van der Waals surface area contributed by atoms with Crippen molar-refractivity contribution in [2.45, 2.75) is 6.54 Å². The first kappa shape index (κ1) is 13.4. The van der Waals surface area contributed by atoms with E-state index in [1.807, 2.05) is 0 Å². The van der Waals surface area contributed by atoms with Gasteiger partial charge in [0.25, 0.3) is 5.91 Å². The normalized spacial score (nSPS) is 14.2. The molecule has 0 radical (unpaired) electrons. The number of carbonyl (C=O) groups excluding carboxylic acids is 1. The smallest absolute Gasteiger partial charge is 0.277 e. The summed E-state index contributed by atoms with van der Waals surface area (Å²) in [5, 5.41) is 9.78. The maximum absolute atomic E-state index is 12.2. The van der Waals surface area contributed by atoms with Gasteiger partial charge >= 0.3 is 0 Å². The highest BCUT2D eigenvalue weighted by atomic mass is 16.5. The van der Waals surface area contributed by atoms with Crippen molar-refractivity contribution in [1.29, 1.82) is 0 Å². The molecular formula is C11H16N4O4. The maximum Gasteiger partial charge on any atom is 0.277 e. The van der Waals surface area contributed by atoms with E-state index < -0.39 is 17.1 Å². The second kappa shape index (κ2) is 5.29. The molecule has 1 aromatic rings. The highest BCUT2D eigenvalue weighted by Gasteiger charge is 2.29. The summed E-state index contributed by atoms with van der Waals surface area (Å²) in [6.45, 7) is 1.07. The third-order valence-electron chi connectivity index (χ3n) is 2.95. The average Bonchev–Trinajstić information content (AvgIpc) is 2.41. The molecule has 0 saturated heterocycles. The molecule has 1 aliphatic rings. The molecule has 4 N–H and O–H groups in total. The Morgan fingerprint density at radius 3 is 2.89 bits per heavy atom. The highest BCUT2D eigenvalue weighted by molar-refractivity contribution is 5.96. The molecule has 0 saturated carbocycles. The summed E-state index contributed by atoms with van der Waals surface area (Å²) in [5.41, 5.74) is 8.19. The topological polar surface area (TPSA) is 110 Å². The molecule has 8 nitrogen and oxygen atoms in total. The van der Waals surface area contributed by atoms with Crippen LogP contribution >= 0.6 is 0 Å². The molecule has 0 aromatic carbocycles. The average molecular weight is 268 g/mol. The first-order valence-electron chi connectivity index (χ1n) is 5.80. The second-order valence-electron chi connectivity index (χ2n) is 4.11. The van der Waals surface area contributed by atoms with Gasteiger partial charge in [0.15, 0.2) is 11.4 Å². The predicted molar refractivity (Wildman–Crippen MR) is 67.4 cm³/mol. The van der Waals surface area contributed by atoms with Gasteiger partial charge in [0.05, 0.1) is 12.3 Å². The third kappa shape index (κ3) is 2.27. The molecule has 1 amide bonds. The van der Waals surface area contributed by atoms with Crippen LogP contribution in [0.4, 0.5) is 0 Å². The van der Waals surface area contributed by atoms with Gasteiger partial charge in [-0.1, -0.05) is 0 Å². The SMILES string of the molecule is COCCN1CNn2c(CN)cc(=O)c(O)c2C1=O. The molecule has 2 rings (SSSR count). The monoisotopic (exact) mass is 268 g/mol. The Labute approximate surface area is 109 Å². The van der Waals surface area contributed by atoms with E-state index >= 15 is 0 Å². The highest BCUT2D eigenvalue weighted by Crippen LogP contribution is 2.18. The number of fused-ring (bicyclic) bond motifs is 1. The number of aromatic nitrogens is 1. The van der Waals surface area contributed by atoms with Gasteiger partial charge in [-0.15, -0.1) is 0 Å². The number of amides is 1. The molecule has 1 aliphatic heterocycles. The van der Waals surface area contributed by atoms with Crippen LogP contribution in [-0.4, -0.2) is 47.5 Å². The van der Waals surface area contributed by atoms with Gasteiger partial charge < -0.3 is 25.9 Å². The zero-order valence-electron chi connectivity index (χ0n) is 10.5. The fraction of sp³-hybridized carbons (Fsp3) is 0.455. The van der Waals surface area contributed by atoms with Crippen molar-refractivity contribution in [2.75, 3.05) is 32.4 Å². The quantitative estimate of drug-likeness (QED) is 0.620. The number of hydrogen-bond acceptors (Lipinski definition) is 6. The Morgan fingerprint density at radius 2 is 2.26 bits per heavy atom. The number of methoxy groups -OCH3 is 1. The third-order valence-corrected chi connectivity index (χ3v) is 2.95. The van der Waals surface area contributed by atoms with Crippen LogP contribution in [0.1, 0.15) is 16.2 Å². The van der Waals surface area contributed by atoms with Crippen LogP contribution in [0.2, 0.25) is 0 Å². The van der Waals surface area contributed by atoms with E-state index in [0.717, 1.165) is 0 Å². The Hall–Kier alpha value is -2.06. The molecule has 0 spiro atoms. The summed E-state index contributed by atoms with van der Waals surface area (Å²) in [4.78, 5) is 25.3. The van der Waals surface area contributed by atoms with E-state index in [2.05, 4.69) is 5.43 Å². The molecule has 19 heavy (non-hydrogen) atoms. The van der Waals surface area contributed by atoms with E-state index in [0.29, 0.717) is 18.8 Å². The lowest BCUT2D eigenvalue weighted by atomic mass is 10.2. The minimum absolute atomic E-state index is 0.0842. The summed E-state index contributed by atoms with van der Waals surface area (Å²) >= 11 is 0. The Kier molecular flexibility index (Phi) is 3.72. The lowest BCUT2D eigenvalue weighted by Gasteiger charge is -2.32. The fourth-order valence-corrected chi connectivity index (χ4v) is 1.94. The van der Waals surface area contributed by atoms with Crippen LogP contribution in [0.15, 0.2) is 10.9 Å². The second-order valence-corrected chi connectivity index (χ2v) is 4.11. The summed E-state index contributed by atoms with van der Waals surface area (Å²) in [5.74, 6) is -1.00. The first-order chi connectivity index (χ1) is 9.10. The molecule has 8 heteroatoms. The molecule has 0 fully saturated rings. The predicted octanol–water partition coefficient (Wildman–Crippen LogP) is -1.38. The molecule has 1 aromatic heterocycles. The largest absolute Gasteiger partial charge is 0.502 e. The minimum atomic E-state index is -0.615. The lowest BCUT2D eigenvalue weighted by Crippen LogP contribution is -2.48. The number of rotatable bonds is 4. The number of pyridine rings is 1. The zero-order valence-corrected chi connectivity index (χ0v) is 10.5. The fourth-order valence-electron chi connectivity index (χ4n) is 1.94. The van der Waals surface area contributed by atoms with Crippen molar-refractivity contribution in [3.05, 3.63) is 27.7 Å². The number of aromatic hydroxyl groups is 1. The molecule has 0 unspecified atom stereocenters. The Bertz CT molecular complexity index is 554. The van der Waals surface area contributed by atoms with Crippen LogP contribution in [0.3, 0.4) is 0 Å². The Morgan fingerprint density at radius 1 is 1.53 bits per heavy atom. The number of nitrogens with zero attached hydrogens (tertiary/aromatic N) is 2. The van der Waals surface area contributed by atoms with Gasteiger partial charge in [-0.3, -0.25) is 14.3 Å². The zero-order chi connectivity index (χ0) is 14.0. The van der Waals surface area contributed by atoms with Gasteiger partial charge in [0.1, 0.15) is 6.67 Å². The van der Waals surface area contributed by atoms with Crippen molar-refractivity contribution in [3.63, 3.8) is 0 Å². The van der Waals surface area contributed by atoms with Gasteiger partial charge in [-0.25, -0.2) is 0 Å². The van der Waals surface area contributed by atoms with Crippen LogP contribution < -0.4 is 16.6 Å². The van der Waals surface area contributed by atoms with Crippen LogP contribution in [0, 0.1) is 0 Å². The minimum Gasteiger partial charge on any atom is -0.502 e. The number of carbonyl (C=O) groups is 1. The van der Waals surface area contributed by atoms with E-state index in [1.165, 1.54) is 22.8 Å². The molecule has 0 bridgehead atoms. The molecule has 0 atom stereocenters.